The number of ether oxygens (including phenoxy) is 3. The van der Waals surface area contributed by atoms with Crippen LogP contribution in [0.2, 0.25) is 5.02 Å². The summed E-state index contributed by atoms with van der Waals surface area (Å²) >= 11 is 6.32. The van der Waals surface area contributed by atoms with Crippen LogP contribution in [0.4, 0.5) is 0 Å². The summed E-state index contributed by atoms with van der Waals surface area (Å²) in [5, 5.41) is 11.5. The van der Waals surface area contributed by atoms with Crippen LogP contribution in [0.25, 0.3) is 5.76 Å². The second-order valence-corrected chi connectivity index (χ2v) is 8.46. The SMILES string of the molecule is CCOc1ccc(/C(O)=C2\C(=O)C(=O)N(CCOC)C2c2cccc(Oc3ccccc3)c2)cc1Cl. The fraction of sp³-hybridized carbons (Fsp3) is 0.214. The lowest BCUT2D eigenvalue weighted by Crippen LogP contribution is -2.32. The van der Waals surface area contributed by atoms with Crippen LogP contribution < -0.4 is 9.47 Å². The lowest BCUT2D eigenvalue weighted by atomic mass is 9.95. The van der Waals surface area contributed by atoms with Crippen molar-refractivity contribution in [2.75, 3.05) is 26.9 Å². The first kappa shape index (κ1) is 25.3. The number of methoxy groups -OCH3 is 1. The standard InChI is InChI=1S/C28H26ClNO6/c1-3-35-23-13-12-19(17-22(23)29)26(31)24-25(30(14-15-34-2)28(33)27(24)32)18-8-7-11-21(16-18)36-20-9-5-4-6-10-20/h4-13,16-17,25,31H,3,14-15H2,1-2H3/b26-24+. The number of rotatable bonds is 9. The molecule has 1 N–H and O–H groups in total. The molecular formula is C28H26ClNO6. The number of carbonyl (C=O) groups excluding carboxylic acids is 2. The third kappa shape index (κ3) is 5.22. The summed E-state index contributed by atoms with van der Waals surface area (Å²) < 4.78 is 16.6. The van der Waals surface area contributed by atoms with Crippen molar-refractivity contribution in [3.63, 3.8) is 0 Å². The van der Waals surface area contributed by atoms with Gasteiger partial charge in [0.25, 0.3) is 11.7 Å². The summed E-state index contributed by atoms with van der Waals surface area (Å²) in [6.45, 7) is 2.65. The van der Waals surface area contributed by atoms with Crippen LogP contribution in [0.3, 0.4) is 0 Å². The highest BCUT2D eigenvalue weighted by Crippen LogP contribution is 2.41. The van der Waals surface area contributed by atoms with Crippen molar-refractivity contribution < 1.29 is 28.9 Å². The molecule has 7 nitrogen and oxygen atoms in total. The first-order valence-corrected chi connectivity index (χ1v) is 11.8. The van der Waals surface area contributed by atoms with Crippen molar-refractivity contribution in [1.29, 1.82) is 0 Å². The second kappa shape index (κ2) is 11.3. The van der Waals surface area contributed by atoms with Gasteiger partial charge in [0.2, 0.25) is 0 Å². The summed E-state index contributed by atoms with van der Waals surface area (Å²) in [7, 11) is 1.52. The van der Waals surface area contributed by atoms with Crippen LogP contribution in [-0.2, 0) is 14.3 Å². The van der Waals surface area contributed by atoms with Crippen LogP contribution in [0, 0.1) is 0 Å². The number of aliphatic hydroxyl groups is 1. The lowest BCUT2D eigenvalue weighted by molar-refractivity contribution is -0.140. The number of amides is 1. The average Bonchev–Trinajstić information content (AvgIpc) is 3.14. The predicted octanol–water partition coefficient (Wildman–Crippen LogP) is 5.60. The summed E-state index contributed by atoms with van der Waals surface area (Å²) in [6.07, 6.45) is 0. The minimum absolute atomic E-state index is 0.0341. The van der Waals surface area contributed by atoms with Gasteiger partial charge in [-0.25, -0.2) is 0 Å². The third-order valence-corrected chi connectivity index (χ3v) is 6.03. The molecule has 1 atom stereocenters. The molecule has 3 aromatic carbocycles. The number of ketones is 1. The topological polar surface area (TPSA) is 85.3 Å². The van der Waals surface area contributed by atoms with E-state index in [0.29, 0.717) is 35.0 Å². The molecule has 1 saturated heterocycles. The van der Waals surface area contributed by atoms with E-state index in [1.807, 2.05) is 37.3 Å². The average molecular weight is 508 g/mol. The summed E-state index contributed by atoms with van der Waals surface area (Å²) in [5.41, 5.74) is 0.875. The molecule has 36 heavy (non-hydrogen) atoms. The van der Waals surface area contributed by atoms with E-state index in [1.54, 1.807) is 36.4 Å². The van der Waals surface area contributed by atoms with E-state index in [4.69, 9.17) is 25.8 Å². The number of halogens is 1. The quantitative estimate of drug-likeness (QED) is 0.230. The Balaban J connectivity index is 1.79. The van der Waals surface area contributed by atoms with Gasteiger partial charge in [-0.1, -0.05) is 41.9 Å². The Labute approximate surface area is 214 Å². The molecule has 0 spiro atoms. The van der Waals surface area contributed by atoms with E-state index < -0.39 is 17.7 Å². The number of benzene rings is 3. The van der Waals surface area contributed by atoms with Gasteiger partial charge in [0.1, 0.15) is 23.0 Å². The number of nitrogens with zero attached hydrogens (tertiary/aromatic N) is 1. The Morgan fingerprint density at radius 3 is 2.44 bits per heavy atom. The van der Waals surface area contributed by atoms with Gasteiger partial charge in [-0.3, -0.25) is 9.59 Å². The zero-order valence-electron chi connectivity index (χ0n) is 19.9. The van der Waals surface area contributed by atoms with E-state index in [-0.39, 0.29) is 29.5 Å². The number of aliphatic hydroxyl groups excluding tert-OH is 1. The van der Waals surface area contributed by atoms with Crippen LogP contribution in [-0.4, -0.2) is 48.6 Å². The van der Waals surface area contributed by atoms with Crippen molar-refractivity contribution in [1.82, 2.24) is 4.90 Å². The number of hydrogen-bond acceptors (Lipinski definition) is 6. The minimum atomic E-state index is -0.843. The fourth-order valence-electron chi connectivity index (χ4n) is 4.10. The van der Waals surface area contributed by atoms with Gasteiger partial charge in [-0.2, -0.15) is 0 Å². The van der Waals surface area contributed by atoms with Gasteiger partial charge in [-0.15, -0.1) is 0 Å². The molecule has 3 aromatic rings. The van der Waals surface area contributed by atoms with Crippen LogP contribution in [0.1, 0.15) is 24.1 Å². The van der Waals surface area contributed by atoms with Crippen molar-refractivity contribution >= 4 is 29.1 Å². The molecule has 1 heterocycles. The highest BCUT2D eigenvalue weighted by Gasteiger charge is 2.46. The van der Waals surface area contributed by atoms with Gasteiger partial charge < -0.3 is 24.2 Å². The molecule has 1 aliphatic heterocycles. The zero-order chi connectivity index (χ0) is 25.7. The van der Waals surface area contributed by atoms with Crippen LogP contribution >= 0.6 is 11.6 Å². The van der Waals surface area contributed by atoms with E-state index >= 15 is 0 Å². The predicted molar refractivity (Wildman–Crippen MR) is 136 cm³/mol. The number of carbonyl (C=O) groups is 2. The Bertz CT molecular complexity index is 1290. The number of para-hydroxylation sites is 1. The van der Waals surface area contributed by atoms with Crippen molar-refractivity contribution in [2.45, 2.75) is 13.0 Å². The number of likely N-dealkylation sites (tertiary alicyclic amines) is 1. The highest BCUT2D eigenvalue weighted by molar-refractivity contribution is 6.46. The second-order valence-electron chi connectivity index (χ2n) is 8.05. The van der Waals surface area contributed by atoms with Crippen molar-refractivity contribution in [3.05, 3.63) is 94.5 Å². The van der Waals surface area contributed by atoms with E-state index in [0.717, 1.165) is 0 Å². The van der Waals surface area contributed by atoms with Crippen LogP contribution in [0.5, 0.6) is 17.2 Å². The molecule has 1 unspecified atom stereocenters. The molecule has 0 aliphatic carbocycles. The Morgan fingerprint density at radius 2 is 1.75 bits per heavy atom. The molecule has 4 rings (SSSR count). The Hall–Kier alpha value is -3.81. The minimum Gasteiger partial charge on any atom is -0.507 e. The molecule has 0 saturated carbocycles. The molecule has 0 aromatic heterocycles. The van der Waals surface area contributed by atoms with Gasteiger partial charge in [-0.05, 0) is 55.0 Å². The van der Waals surface area contributed by atoms with Gasteiger partial charge in [0.05, 0.1) is 29.9 Å². The normalized spacial score (nSPS) is 16.9. The molecule has 8 heteroatoms. The van der Waals surface area contributed by atoms with E-state index in [2.05, 4.69) is 0 Å². The maximum Gasteiger partial charge on any atom is 0.295 e. The van der Waals surface area contributed by atoms with Crippen molar-refractivity contribution in [2.24, 2.45) is 0 Å². The monoisotopic (exact) mass is 507 g/mol. The maximum absolute atomic E-state index is 13.2. The Morgan fingerprint density at radius 1 is 1.00 bits per heavy atom. The fourth-order valence-corrected chi connectivity index (χ4v) is 4.33. The van der Waals surface area contributed by atoms with Gasteiger partial charge in [0, 0.05) is 19.2 Å². The number of hydrogen-bond donors (Lipinski definition) is 1. The molecule has 0 bridgehead atoms. The molecule has 1 amide bonds. The lowest BCUT2D eigenvalue weighted by Gasteiger charge is -2.25. The van der Waals surface area contributed by atoms with Crippen molar-refractivity contribution in [3.8, 4) is 17.2 Å². The van der Waals surface area contributed by atoms with Gasteiger partial charge >= 0.3 is 0 Å². The van der Waals surface area contributed by atoms with Gasteiger partial charge in [0.15, 0.2) is 0 Å². The smallest absolute Gasteiger partial charge is 0.295 e. The largest absolute Gasteiger partial charge is 0.507 e. The Kier molecular flexibility index (Phi) is 7.93. The maximum atomic E-state index is 13.2. The molecule has 1 aliphatic rings. The van der Waals surface area contributed by atoms with Crippen LogP contribution in [0.15, 0.2) is 78.4 Å². The summed E-state index contributed by atoms with van der Waals surface area (Å²) in [6, 6.07) is 20.2. The zero-order valence-corrected chi connectivity index (χ0v) is 20.7. The first-order chi connectivity index (χ1) is 17.4. The van der Waals surface area contributed by atoms with E-state index in [1.165, 1.54) is 18.1 Å². The molecule has 0 radical (unpaired) electrons. The number of Topliss-reactive ketones (excluding diaryl/α,β-unsaturated/α-hetero) is 1. The first-order valence-electron chi connectivity index (χ1n) is 11.5. The highest BCUT2D eigenvalue weighted by atomic mass is 35.5. The molecule has 1 fully saturated rings. The van der Waals surface area contributed by atoms with E-state index in [9.17, 15) is 14.7 Å². The summed E-state index contributed by atoms with van der Waals surface area (Å²) in [4.78, 5) is 27.6. The third-order valence-electron chi connectivity index (χ3n) is 5.73. The summed E-state index contributed by atoms with van der Waals surface area (Å²) in [5.74, 6) is -0.193. The molecule has 186 valence electrons. The molecular weight excluding hydrogens is 482 g/mol.